The third-order valence-corrected chi connectivity index (χ3v) is 4.52. The van der Waals surface area contributed by atoms with Crippen LogP contribution in [0, 0.1) is 6.92 Å². The summed E-state index contributed by atoms with van der Waals surface area (Å²) in [5.41, 5.74) is 2.56. The quantitative estimate of drug-likeness (QED) is 0.917. The molecule has 3 heteroatoms. The van der Waals surface area contributed by atoms with E-state index >= 15 is 0 Å². The van der Waals surface area contributed by atoms with E-state index in [1.807, 2.05) is 0 Å². The first-order valence-corrected chi connectivity index (χ1v) is 7.78. The van der Waals surface area contributed by atoms with Crippen LogP contribution < -0.4 is 10.1 Å². The number of fused-ring (bicyclic) bond motifs is 1. The number of para-hydroxylation sites is 1. The lowest BCUT2D eigenvalue weighted by atomic mass is 9.97. The fourth-order valence-corrected chi connectivity index (χ4v) is 3.29. The molecule has 0 amide bonds. The average molecular weight is 275 g/mol. The van der Waals surface area contributed by atoms with Crippen LogP contribution in [-0.2, 0) is 4.74 Å². The van der Waals surface area contributed by atoms with Gasteiger partial charge in [-0.15, -0.1) is 0 Å². The molecule has 2 unspecified atom stereocenters. The summed E-state index contributed by atoms with van der Waals surface area (Å²) < 4.78 is 11.8. The van der Waals surface area contributed by atoms with Crippen molar-refractivity contribution >= 4 is 0 Å². The van der Waals surface area contributed by atoms with E-state index in [9.17, 15) is 0 Å². The van der Waals surface area contributed by atoms with Crippen molar-refractivity contribution in [2.45, 2.75) is 51.2 Å². The Morgan fingerprint density at radius 3 is 3.00 bits per heavy atom. The third-order valence-electron chi connectivity index (χ3n) is 4.52. The topological polar surface area (TPSA) is 30.5 Å². The lowest BCUT2D eigenvalue weighted by Gasteiger charge is -2.27. The van der Waals surface area contributed by atoms with E-state index in [-0.39, 0.29) is 5.60 Å². The van der Waals surface area contributed by atoms with Crippen molar-refractivity contribution < 1.29 is 9.47 Å². The molecule has 0 radical (unpaired) electrons. The Kier molecular flexibility index (Phi) is 3.99. The van der Waals surface area contributed by atoms with Gasteiger partial charge < -0.3 is 14.8 Å². The molecule has 0 bridgehead atoms. The summed E-state index contributed by atoms with van der Waals surface area (Å²) in [4.78, 5) is 0. The van der Waals surface area contributed by atoms with Crippen molar-refractivity contribution in [2.75, 3.05) is 19.8 Å². The standard InChI is InChI=1S/C17H25NO2/c1-13-6-3-7-14-15(8-4-10-19-16(13)14)18-12-17(2)9-5-11-20-17/h3,6-7,15,18H,4-5,8-12H2,1-2H3. The van der Waals surface area contributed by atoms with Crippen LogP contribution in [-0.4, -0.2) is 25.4 Å². The van der Waals surface area contributed by atoms with Gasteiger partial charge in [0, 0.05) is 24.8 Å². The summed E-state index contributed by atoms with van der Waals surface area (Å²) >= 11 is 0. The molecule has 2 atom stereocenters. The van der Waals surface area contributed by atoms with Crippen LogP contribution in [0.25, 0.3) is 0 Å². The predicted molar refractivity (Wildman–Crippen MR) is 80.2 cm³/mol. The Hall–Kier alpha value is -1.06. The van der Waals surface area contributed by atoms with E-state index in [1.54, 1.807) is 0 Å². The fraction of sp³-hybridized carbons (Fsp3) is 0.647. The van der Waals surface area contributed by atoms with Gasteiger partial charge in [-0.25, -0.2) is 0 Å². The van der Waals surface area contributed by atoms with Gasteiger partial charge in [-0.3, -0.25) is 0 Å². The Morgan fingerprint density at radius 1 is 1.30 bits per heavy atom. The second-order valence-electron chi connectivity index (χ2n) is 6.32. The molecule has 0 aliphatic carbocycles. The molecule has 1 fully saturated rings. The van der Waals surface area contributed by atoms with Crippen molar-refractivity contribution in [1.29, 1.82) is 0 Å². The van der Waals surface area contributed by atoms with Gasteiger partial charge >= 0.3 is 0 Å². The number of hydrogen-bond acceptors (Lipinski definition) is 3. The third kappa shape index (κ3) is 2.84. The van der Waals surface area contributed by atoms with Crippen molar-refractivity contribution in [2.24, 2.45) is 0 Å². The summed E-state index contributed by atoms with van der Waals surface area (Å²) in [7, 11) is 0. The van der Waals surface area contributed by atoms with E-state index in [0.717, 1.165) is 44.8 Å². The number of rotatable bonds is 3. The molecular weight excluding hydrogens is 250 g/mol. The second kappa shape index (κ2) is 5.74. The van der Waals surface area contributed by atoms with Crippen LogP contribution in [0.4, 0.5) is 0 Å². The van der Waals surface area contributed by atoms with Crippen LogP contribution in [0.3, 0.4) is 0 Å². The SMILES string of the molecule is Cc1cccc2c1OCCCC2NCC1(C)CCCO1. The van der Waals surface area contributed by atoms with Crippen molar-refractivity contribution in [3.05, 3.63) is 29.3 Å². The van der Waals surface area contributed by atoms with Crippen LogP contribution in [0.2, 0.25) is 0 Å². The molecule has 20 heavy (non-hydrogen) atoms. The van der Waals surface area contributed by atoms with E-state index < -0.39 is 0 Å². The Balaban J connectivity index is 1.75. The minimum Gasteiger partial charge on any atom is -0.493 e. The summed E-state index contributed by atoms with van der Waals surface area (Å²) in [6, 6.07) is 6.84. The number of ether oxygens (including phenoxy) is 2. The zero-order valence-corrected chi connectivity index (χ0v) is 12.6. The molecule has 2 heterocycles. The van der Waals surface area contributed by atoms with Crippen molar-refractivity contribution in [1.82, 2.24) is 5.32 Å². The van der Waals surface area contributed by atoms with Gasteiger partial charge in [-0.2, -0.15) is 0 Å². The first-order chi connectivity index (χ1) is 9.68. The zero-order valence-electron chi connectivity index (χ0n) is 12.6. The lowest BCUT2D eigenvalue weighted by molar-refractivity contribution is 0.0185. The fourth-order valence-electron chi connectivity index (χ4n) is 3.29. The summed E-state index contributed by atoms with van der Waals surface area (Å²) in [5.74, 6) is 1.08. The summed E-state index contributed by atoms with van der Waals surface area (Å²) in [6.45, 7) is 7.00. The Labute approximate surface area is 121 Å². The van der Waals surface area contributed by atoms with Gasteiger partial charge in [-0.05, 0) is 45.1 Å². The maximum absolute atomic E-state index is 5.94. The number of hydrogen-bond donors (Lipinski definition) is 1. The molecule has 1 saturated heterocycles. The summed E-state index contributed by atoms with van der Waals surface area (Å²) in [5, 5.41) is 3.72. The van der Waals surface area contributed by atoms with E-state index in [0.29, 0.717) is 6.04 Å². The summed E-state index contributed by atoms with van der Waals surface area (Å²) in [6.07, 6.45) is 4.57. The average Bonchev–Trinajstić information content (AvgIpc) is 2.75. The molecular formula is C17H25NO2. The van der Waals surface area contributed by atoms with Gasteiger partial charge in [0.05, 0.1) is 12.2 Å². The van der Waals surface area contributed by atoms with Gasteiger partial charge in [-0.1, -0.05) is 18.2 Å². The van der Waals surface area contributed by atoms with Crippen LogP contribution in [0.15, 0.2) is 18.2 Å². The molecule has 3 nitrogen and oxygen atoms in total. The van der Waals surface area contributed by atoms with Gasteiger partial charge in [0.15, 0.2) is 0 Å². The van der Waals surface area contributed by atoms with Gasteiger partial charge in [0.1, 0.15) is 5.75 Å². The maximum atomic E-state index is 5.94. The van der Waals surface area contributed by atoms with Gasteiger partial charge in [0.2, 0.25) is 0 Å². The Bertz CT molecular complexity index is 466. The predicted octanol–water partition coefficient (Wildman–Crippen LogP) is 3.37. The number of nitrogens with one attached hydrogen (secondary N) is 1. The monoisotopic (exact) mass is 275 g/mol. The number of aryl methyl sites for hydroxylation is 1. The molecule has 0 saturated carbocycles. The van der Waals surface area contributed by atoms with Crippen molar-refractivity contribution in [3.8, 4) is 5.75 Å². The van der Waals surface area contributed by atoms with Crippen LogP contribution in [0.1, 0.15) is 49.8 Å². The molecule has 1 aromatic rings. The minimum atomic E-state index is 0.0111. The maximum Gasteiger partial charge on any atom is 0.126 e. The van der Waals surface area contributed by atoms with E-state index in [4.69, 9.17) is 9.47 Å². The van der Waals surface area contributed by atoms with Crippen LogP contribution in [0.5, 0.6) is 5.75 Å². The number of benzene rings is 1. The first-order valence-electron chi connectivity index (χ1n) is 7.78. The normalized spacial score (nSPS) is 29.6. The first kappa shape index (κ1) is 13.9. The highest BCUT2D eigenvalue weighted by molar-refractivity contribution is 5.43. The van der Waals surface area contributed by atoms with Crippen LogP contribution >= 0.6 is 0 Å². The molecule has 0 aromatic heterocycles. The minimum absolute atomic E-state index is 0.0111. The van der Waals surface area contributed by atoms with E-state index in [1.165, 1.54) is 17.5 Å². The highest BCUT2D eigenvalue weighted by atomic mass is 16.5. The largest absolute Gasteiger partial charge is 0.493 e. The molecule has 1 N–H and O–H groups in total. The Morgan fingerprint density at radius 2 is 2.20 bits per heavy atom. The zero-order chi connectivity index (χ0) is 14.0. The lowest BCUT2D eigenvalue weighted by Crippen LogP contribution is -2.38. The van der Waals surface area contributed by atoms with E-state index in [2.05, 4.69) is 37.4 Å². The second-order valence-corrected chi connectivity index (χ2v) is 6.32. The molecule has 2 aliphatic rings. The highest BCUT2D eigenvalue weighted by Crippen LogP contribution is 2.34. The smallest absolute Gasteiger partial charge is 0.126 e. The molecule has 110 valence electrons. The molecule has 2 aliphatic heterocycles. The highest BCUT2D eigenvalue weighted by Gasteiger charge is 2.31. The van der Waals surface area contributed by atoms with Gasteiger partial charge in [0.25, 0.3) is 0 Å². The van der Waals surface area contributed by atoms with Crippen molar-refractivity contribution in [3.63, 3.8) is 0 Å². The molecule has 0 spiro atoms. The molecule has 1 aromatic carbocycles. The molecule has 3 rings (SSSR count).